The lowest BCUT2D eigenvalue weighted by Crippen LogP contribution is -2.53. The second-order valence-corrected chi connectivity index (χ2v) is 4.63. The SMILES string of the molecule is CCCCN1CCCCCCCCNNN1. The van der Waals surface area contributed by atoms with Crippen molar-refractivity contribution >= 4 is 0 Å². The van der Waals surface area contributed by atoms with Crippen LogP contribution in [0.5, 0.6) is 0 Å². The van der Waals surface area contributed by atoms with Crippen LogP contribution in [0.1, 0.15) is 58.3 Å². The first-order valence-corrected chi connectivity index (χ1v) is 6.92. The van der Waals surface area contributed by atoms with Gasteiger partial charge in [0.05, 0.1) is 0 Å². The van der Waals surface area contributed by atoms with Gasteiger partial charge < -0.3 is 0 Å². The first kappa shape index (κ1) is 13.9. The average Bonchev–Trinajstić information content (AvgIpc) is 2.28. The van der Waals surface area contributed by atoms with Gasteiger partial charge >= 0.3 is 0 Å². The molecule has 3 N–H and O–H groups in total. The van der Waals surface area contributed by atoms with E-state index in [-0.39, 0.29) is 0 Å². The van der Waals surface area contributed by atoms with Gasteiger partial charge in [-0.25, -0.2) is 10.4 Å². The van der Waals surface area contributed by atoms with Crippen molar-refractivity contribution < 1.29 is 0 Å². The van der Waals surface area contributed by atoms with Gasteiger partial charge in [-0.1, -0.05) is 39.0 Å². The molecule has 4 nitrogen and oxygen atoms in total. The fourth-order valence-corrected chi connectivity index (χ4v) is 1.98. The largest absolute Gasteiger partial charge is 0.243 e. The van der Waals surface area contributed by atoms with Crippen LogP contribution in [0.25, 0.3) is 0 Å². The van der Waals surface area contributed by atoms with Gasteiger partial charge in [0.25, 0.3) is 0 Å². The first-order chi connectivity index (χ1) is 7.93. The molecule has 0 bridgehead atoms. The molecule has 0 aromatic carbocycles. The lowest BCUT2D eigenvalue weighted by Gasteiger charge is -2.24. The van der Waals surface area contributed by atoms with E-state index in [2.05, 4.69) is 28.4 Å². The summed E-state index contributed by atoms with van der Waals surface area (Å²) in [4.78, 5) is 0. The summed E-state index contributed by atoms with van der Waals surface area (Å²) >= 11 is 0. The zero-order valence-corrected chi connectivity index (χ0v) is 10.7. The van der Waals surface area contributed by atoms with Crippen molar-refractivity contribution in [2.24, 2.45) is 0 Å². The highest BCUT2D eigenvalue weighted by molar-refractivity contribution is 4.54. The van der Waals surface area contributed by atoms with Gasteiger partial charge in [0.1, 0.15) is 0 Å². The highest BCUT2D eigenvalue weighted by atomic mass is 15.8. The van der Waals surface area contributed by atoms with Crippen LogP contribution < -0.4 is 16.5 Å². The van der Waals surface area contributed by atoms with Gasteiger partial charge in [-0.2, -0.15) is 11.1 Å². The quantitative estimate of drug-likeness (QED) is 0.690. The number of unbranched alkanes of at least 4 members (excludes halogenated alkanes) is 1. The number of hydrazine groups is 3. The predicted molar refractivity (Wildman–Crippen MR) is 68.5 cm³/mol. The summed E-state index contributed by atoms with van der Waals surface area (Å²) in [6.07, 6.45) is 10.6. The Labute approximate surface area is 100 Å². The van der Waals surface area contributed by atoms with E-state index in [0.29, 0.717) is 0 Å². The second-order valence-electron chi connectivity index (χ2n) is 4.63. The van der Waals surface area contributed by atoms with Gasteiger partial charge in [-0.15, -0.1) is 0 Å². The zero-order valence-electron chi connectivity index (χ0n) is 10.7. The van der Waals surface area contributed by atoms with Gasteiger partial charge in [0, 0.05) is 19.6 Å². The van der Waals surface area contributed by atoms with Crippen LogP contribution >= 0.6 is 0 Å². The Kier molecular flexibility index (Phi) is 8.71. The summed E-state index contributed by atoms with van der Waals surface area (Å²) < 4.78 is 0. The van der Waals surface area contributed by atoms with E-state index in [1.165, 1.54) is 51.4 Å². The Bertz CT molecular complexity index is 140. The fraction of sp³-hybridized carbons (Fsp3) is 1.00. The normalized spacial score (nSPS) is 22.3. The highest BCUT2D eigenvalue weighted by Crippen LogP contribution is 2.06. The lowest BCUT2D eigenvalue weighted by molar-refractivity contribution is 0.128. The van der Waals surface area contributed by atoms with Crippen molar-refractivity contribution in [3.8, 4) is 0 Å². The molecule has 4 heteroatoms. The molecule has 0 radical (unpaired) electrons. The van der Waals surface area contributed by atoms with Crippen LogP contribution in [0.15, 0.2) is 0 Å². The standard InChI is InChI=1S/C12H28N4/c1-2-3-11-16-12-9-7-5-4-6-8-10-13-14-15-16/h13-15H,2-12H2,1H3. The van der Waals surface area contributed by atoms with Crippen LogP contribution in [0.3, 0.4) is 0 Å². The molecule has 0 aromatic heterocycles. The number of rotatable bonds is 3. The summed E-state index contributed by atoms with van der Waals surface area (Å²) in [7, 11) is 0. The van der Waals surface area contributed by atoms with Crippen molar-refractivity contribution in [2.45, 2.75) is 58.3 Å². The molecule has 0 atom stereocenters. The van der Waals surface area contributed by atoms with Crippen molar-refractivity contribution in [1.82, 2.24) is 21.5 Å². The fourth-order valence-electron chi connectivity index (χ4n) is 1.98. The van der Waals surface area contributed by atoms with Gasteiger partial charge in [0.2, 0.25) is 0 Å². The molecule has 1 heterocycles. The number of nitrogens with one attached hydrogen (secondary N) is 3. The van der Waals surface area contributed by atoms with E-state index in [4.69, 9.17) is 0 Å². The smallest absolute Gasteiger partial charge is 0.0144 e. The Hall–Kier alpha value is -0.160. The lowest BCUT2D eigenvalue weighted by atomic mass is 10.1. The zero-order chi connectivity index (χ0) is 11.5. The third kappa shape index (κ3) is 7.17. The molecule has 1 aliphatic rings. The van der Waals surface area contributed by atoms with Gasteiger partial charge in [-0.05, 0) is 19.3 Å². The maximum atomic E-state index is 3.24. The Balaban J connectivity index is 2.19. The summed E-state index contributed by atoms with van der Waals surface area (Å²) in [6.45, 7) is 5.57. The Morgan fingerprint density at radius 1 is 1.00 bits per heavy atom. The molecule has 0 spiro atoms. The van der Waals surface area contributed by atoms with Crippen molar-refractivity contribution in [1.29, 1.82) is 0 Å². The van der Waals surface area contributed by atoms with Crippen molar-refractivity contribution in [3.05, 3.63) is 0 Å². The van der Waals surface area contributed by atoms with Crippen LogP contribution in [-0.4, -0.2) is 24.6 Å². The summed E-state index contributed by atoms with van der Waals surface area (Å²) in [5.41, 5.74) is 9.54. The molecule has 1 saturated heterocycles. The monoisotopic (exact) mass is 228 g/mol. The topological polar surface area (TPSA) is 39.3 Å². The van der Waals surface area contributed by atoms with E-state index >= 15 is 0 Å². The molecule has 96 valence electrons. The van der Waals surface area contributed by atoms with Crippen molar-refractivity contribution in [2.75, 3.05) is 19.6 Å². The molecular weight excluding hydrogens is 200 g/mol. The van der Waals surface area contributed by atoms with Crippen LogP contribution in [0.4, 0.5) is 0 Å². The van der Waals surface area contributed by atoms with E-state index in [9.17, 15) is 0 Å². The maximum absolute atomic E-state index is 3.24. The molecule has 0 saturated carbocycles. The summed E-state index contributed by atoms with van der Waals surface area (Å²) in [5, 5.41) is 2.29. The average molecular weight is 228 g/mol. The van der Waals surface area contributed by atoms with E-state index in [0.717, 1.165) is 19.6 Å². The van der Waals surface area contributed by atoms with E-state index < -0.39 is 0 Å². The predicted octanol–water partition coefficient (Wildman–Crippen LogP) is 1.96. The van der Waals surface area contributed by atoms with E-state index in [1.54, 1.807) is 0 Å². The molecule has 1 rings (SSSR count). The Morgan fingerprint density at radius 2 is 1.75 bits per heavy atom. The van der Waals surface area contributed by atoms with Crippen molar-refractivity contribution in [3.63, 3.8) is 0 Å². The minimum absolute atomic E-state index is 1.05. The molecule has 1 aliphatic heterocycles. The molecular formula is C12H28N4. The summed E-state index contributed by atoms with van der Waals surface area (Å²) in [5.74, 6) is 0. The van der Waals surface area contributed by atoms with Gasteiger partial charge in [-0.3, -0.25) is 0 Å². The molecule has 0 unspecified atom stereocenters. The number of hydrogen-bond donors (Lipinski definition) is 3. The third-order valence-corrected chi connectivity index (χ3v) is 3.06. The molecule has 0 aromatic rings. The number of nitrogens with zero attached hydrogens (tertiary/aromatic N) is 1. The van der Waals surface area contributed by atoms with Crippen LogP contribution in [0.2, 0.25) is 0 Å². The second kappa shape index (κ2) is 10.0. The molecule has 0 aliphatic carbocycles. The minimum Gasteiger partial charge on any atom is -0.243 e. The minimum atomic E-state index is 1.05. The van der Waals surface area contributed by atoms with Gasteiger partial charge in [0.15, 0.2) is 0 Å². The maximum Gasteiger partial charge on any atom is 0.0144 e. The molecule has 1 fully saturated rings. The molecule has 0 amide bonds. The first-order valence-electron chi connectivity index (χ1n) is 6.92. The Morgan fingerprint density at radius 3 is 2.56 bits per heavy atom. The van der Waals surface area contributed by atoms with Crippen LogP contribution in [0, 0.1) is 0 Å². The third-order valence-electron chi connectivity index (χ3n) is 3.06. The van der Waals surface area contributed by atoms with Crippen LogP contribution in [-0.2, 0) is 0 Å². The number of hydrogen-bond acceptors (Lipinski definition) is 4. The highest BCUT2D eigenvalue weighted by Gasteiger charge is 2.03. The molecule has 16 heavy (non-hydrogen) atoms. The van der Waals surface area contributed by atoms with E-state index in [1.807, 2.05) is 0 Å². The summed E-state index contributed by atoms with van der Waals surface area (Å²) in [6, 6.07) is 0.